The molecule has 0 atom stereocenters. The summed E-state index contributed by atoms with van der Waals surface area (Å²) in [6.45, 7) is 2.24. The van der Waals surface area contributed by atoms with Gasteiger partial charge in [0.05, 0.1) is 36.1 Å². The fourth-order valence-electron chi connectivity index (χ4n) is 2.79. The van der Waals surface area contributed by atoms with Gasteiger partial charge < -0.3 is 14.4 Å². The Bertz CT molecular complexity index is 760. The van der Waals surface area contributed by atoms with Gasteiger partial charge in [-0.3, -0.25) is 0 Å². The van der Waals surface area contributed by atoms with E-state index in [0.717, 1.165) is 6.07 Å². The topological polar surface area (TPSA) is 51.5 Å². The third-order valence-electron chi connectivity index (χ3n) is 4.02. The highest BCUT2D eigenvalue weighted by atomic mass is 19.4. The first-order valence-electron chi connectivity index (χ1n) is 6.99. The number of hydrogen-bond donors (Lipinski definition) is 1. The van der Waals surface area contributed by atoms with Crippen molar-refractivity contribution in [2.75, 3.05) is 13.2 Å². The Morgan fingerprint density at radius 1 is 1.30 bits per heavy atom. The van der Waals surface area contributed by atoms with E-state index in [0.29, 0.717) is 18.8 Å². The van der Waals surface area contributed by atoms with Gasteiger partial charge in [-0.25, -0.2) is 4.79 Å². The van der Waals surface area contributed by atoms with Gasteiger partial charge in [-0.1, -0.05) is 18.2 Å². The molecule has 0 bridgehead atoms. The van der Waals surface area contributed by atoms with Crippen LogP contribution >= 0.6 is 0 Å². The van der Waals surface area contributed by atoms with Crippen molar-refractivity contribution in [3.8, 4) is 11.3 Å². The maximum absolute atomic E-state index is 13.3. The van der Waals surface area contributed by atoms with E-state index in [1.807, 2.05) is 0 Å². The van der Waals surface area contributed by atoms with Gasteiger partial charge in [-0.15, -0.1) is 0 Å². The zero-order valence-corrected chi connectivity index (χ0v) is 12.2. The fourth-order valence-corrected chi connectivity index (χ4v) is 2.79. The van der Waals surface area contributed by atoms with Crippen molar-refractivity contribution in [2.45, 2.75) is 19.1 Å². The first-order valence-corrected chi connectivity index (χ1v) is 6.99. The molecule has 4 nitrogen and oxygen atoms in total. The average molecular weight is 325 g/mol. The number of hydrogen-bond acceptors (Lipinski definition) is 2. The Balaban J connectivity index is 2.26. The summed E-state index contributed by atoms with van der Waals surface area (Å²) in [5.41, 5.74) is -0.190. The van der Waals surface area contributed by atoms with E-state index in [2.05, 4.69) is 0 Å². The highest BCUT2D eigenvalue weighted by molar-refractivity contribution is 5.92. The van der Waals surface area contributed by atoms with Gasteiger partial charge in [0.25, 0.3) is 0 Å². The molecule has 1 aliphatic rings. The van der Waals surface area contributed by atoms with Crippen molar-refractivity contribution in [1.82, 2.24) is 4.57 Å². The van der Waals surface area contributed by atoms with Crippen LogP contribution in [0.25, 0.3) is 11.3 Å². The van der Waals surface area contributed by atoms with E-state index < -0.39 is 17.7 Å². The van der Waals surface area contributed by atoms with Crippen molar-refractivity contribution in [3.05, 3.63) is 47.2 Å². The minimum absolute atomic E-state index is 0.00359. The molecule has 1 aromatic carbocycles. The van der Waals surface area contributed by atoms with Crippen molar-refractivity contribution in [3.63, 3.8) is 0 Å². The molecule has 0 aliphatic carbocycles. The predicted octanol–water partition coefficient (Wildman–Crippen LogP) is 3.75. The summed E-state index contributed by atoms with van der Waals surface area (Å²) >= 11 is 0. The monoisotopic (exact) mass is 325 g/mol. The quantitative estimate of drug-likeness (QED) is 0.935. The van der Waals surface area contributed by atoms with E-state index >= 15 is 0 Å². The number of nitrogens with zero attached hydrogens (tertiary/aromatic N) is 1. The molecule has 1 fully saturated rings. The number of rotatable bonds is 3. The van der Waals surface area contributed by atoms with E-state index in [4.69, 9.17) is 4.74 Å². The molecular formula is C16H14F3NO3. The minimum Gasteiger partial charge on any atom is -0.478 e. The standard InChI is InChI=1S/C16H14F3NO3/c1-9-12(15(21)22)6-20(10-7-23-8-10)14(9)11-4-2-3-5-13(11)16(17,18)19/h2-6,10H,7-8H2,1H3,(H,21,22). The largest absolute Gasteiger partial charge is 0.478 e. The number of alkyl halides is 3. The summed E-state index contributed by atoms with van der Waals surface area (Å²) in [5.74, 6) is -1.16. The molecule has 1 N–H and O–H groups in total. The summed E-state index contributed by atoms with van der Waals surface area (Å²) in [5, 5.41) is 9.29. The fraction of sp³-hybridized carbons (Fsp3) is 0.312. The van der Waals surface area contributed by atoms with Crippen LogP contribution in [0.2, 0.25) is 0 Å². The van der Waals surface area contributed by atoms with Gasteiger partial charge in [0.2, 0.25) is 0 Å². The molecule has 1 saturated heterocycles. The van der Waals surface area contributed by atoms with Gasteiger partial charge in [0.15, 0.2) is 0 Å². The van der Waals surface area contributed by atoms with Gasteiger partial charge in [-0.05, 0) is 18.6 Å². The molecule has 3 rings (SSSR count). The van der Waals surface area contributed by atoms with Gasteiger partial charge in [0.1, 0.15) is 0 Å². The third-order valence-corrected chi connectivity index (χ3v) is 4.02. The zero-order chi connectivity index (χ0) is 16.8. The molecule has 0 spiro atoms. The van der Waals surface area contributed by atoms with E-state index in [1.54, 1.807) is 4.57 Å². The molecule has 23 heavy (non-hydrogen) atoms. The first-order chi connectivity index (χ1) is 10.8. The summed E-state index contributed by atoms with van der Waals surface area (Å²) in [7, 11) is 0. The van der Waals surface area contributed by atoms with Gasteiger partial charge in [-0.2, -0.15) is 13.2 Å². The molecule has 1 aliphatic heterocycles. The van der Waals surface area contributed by atoms with E-state index in [1.165, 1.54) is 31.3 Å². The summed E-state index contributed by atoms with van der Waals surface area (Å²) in [6, 6.07) is 5.05. The molecule has 0 unspecified atom stereocenters. The lowest BCUT2D eigenvalue weighted by atomic mass is 9.99. The summed E-state index contributed by atoms with van der Waals surface area (Å²) < 4.78 is 46.6. The summed E-state index contributed by atoms with van der Waals surface area (Å²) in [4.78, 5) is 11.4. The van der Waals surface area contributed by atoms with Crippen LogP contribution in [0.4, 0.5) is 13.2 Å². The predicted molar refractivity (Wildman–Crippen MR) is 76.4 cm³/mol. The lowest BCUT2D eigenvalue weighted by Crippen LogP contribution is -2.30. The number of aromatic nitrogens is 1. The Kier molecular flexibility index (Phi) is 3.68. The van der Waals surface area contributed by atoms with Crippen LogP contribution in [-0.4, -0.2) is 28.9 Å². The summed E-state index contributed by atoms with van der Waals surface area (Å²) in [6.07, 6.45) is -3.12. The maximum Gasteiger partial charge on any atom is 0.417 e. The molecule has 0 amide bonds. The van der Waals surface area contributed by atoms with Gasteiger partial charge in [0, 0.05) is 11.8 Å². The number of carboxylic acid groups (broad SMARTS) is 1. The molecule has 2 heterocycles. The zero-order valence-electron chi connectivity index (χ0n) is 12.2. The number of ether oxygens (including phenoxy) is 1. The SMILES string of the molecule is Cc1c(C(=O)O)cn(C2COC2)c1-c1ccccc1C(F)(F)F. The second-order valence-corrected chi connectivity index (χ2v) is 5.46. The highest BCUT2D eigenvalue weighted by Gasteiger charge is 2.36. The lowest BCUT2D eigenvalue weighted by molar-refractivity contribution is -0.137. The minimum atomic E-state index is -4.52. The van der Waals surface area contributed by atoms with Crippen LogP contribution in [0.3, 0.4) is 0 Å². The number of benzene rings is 1. The van der Waals surface area contributed by atoms with Crippen molar-refractivity contribution in [1.29, 1.82) is 0 Å². The van der Waals surface area contributed by atoms with Crippen LogP contribution in [0.5, 0.6) is 0 Å². The van der Waals surface area contributed by atoms with Crippen LogP contribution in [0, 0.1) is 6.92 Å². The Hall–Kier alpha value is -2.28. The second-order valence-electron chi connectivity index (χ2n) is 5.46. The van der Waals surface area contributed by atoms with Crippen LogP contribution < -0.4 is 0 Å². The average Bonchev–Trinajstić information content (AvgIpc) is 2.73. The van der Waals surface area contributed by atoms with Gasteiger partial charge >= 0.3 is 12.1 Å². The third kappa shape index (κ3) is 2.61. The lowest BCUT2D eigenvalue weighted by Gasteiger charge is -2.30. The molecule has 7 heteroatoms. The van der Waals surface area contributed by atoms with Crippen molar-refractivity contribution >= 4 is 5.97 Å². The highest BCUT2D eigenvalue weighted by Crippen LogP contribution is 2.40. The first kappa shape index (κ1) is 15.6. The molecule has 1 aromatic heterocycles. The maximum atomic E-state index is 13.3. The number of carbonyl (C=O) groups is 1. The molecule has 0 saturated carbocycles. The molecule has 122 valence electrons. The van der Waals surface area contributed by atoms with E-state index in [-0.39, 0.29) is 22.9 Å². The Morgan fingerprint density at radius 2 is 1.96 bits per heavy atom. The van der Waals surface area contributed by atoms with Crippen molar-refractivity contribution in [2.24, 2.45) is 0 Å². The smallest absolute Gasteiger partial charge is 0.417 e. The van der Waals surface area contributed by atoms with Crippen LogP contribution in [0.1, 0.15) is 27.5 Å². The van der Waals surface area contributed by atoms with E-state index in [9.17, 15) is 23.1 Å². The number of aromatic carboxylic acids is 1. The normalized spacial score (nSPS) is 15.5. The Labute approximate surface area is 130 Å². The Morgan fingerprint density at radius 3 is 2.48 bits per heavy atom. The van der Waals surface area contributed by atoms with Crippen molar-refractivity contribution < 1.29 is 27.8 Å². The van der Waals surface area contributed by atoms with Crippen LogP contribution in [-0.2, 0) is 10.9 Å². The van der Waals surface area contributed by atoms with Crippen LogP contribution in [0.15, 0.2) is 30.5 Å². The number of carboxylic acids is 1. The number of halogens is 3. The molecule has 2 aromatic rings. The molecule has 0 radical (unpaired) electrons. The molecular weight excluding hydrogens is 311 g/mol. The second kappa shape index (κ2) is 5.42.